The van der Waals surface area contributed by atoms with Crippen LogP contribution in [0.1, 0.15) is 32.9 Å². The summed E-state index contributed by atoms with van der Waals surface area (Å²) < 4.78 is 0. The first-order valence-corrected chi connectivity index (χ1v) is 8.44. The van der Waals surface area contributed by atoms with Crippen LogP contribution >= 0.6 is 0 Å². The number of rotatable bonds is 2. The molecule has 126 valence electrons. The molecule has 5 nitrogen and oxygen atoms in total. The number of amides is 1. The quantitative estimate of drug-likeness (QED) is 0.780. The Hall–Kier alpha value is -2.95. The molecule has 0 bridgehead atoms. The molecule has 0 atom stereocenters. The number of H-pyrrole nitrogens is 1. The van der Waals surface area contributed by atoms with Gasteiger partial charge in [0.2, 0.25) is 0 Å². The molecule has 0 spiro atoms. The standard InChI is InChI=1S/C20H20N4O/c1-12-9-15-7-8-24(18(15)10-13(12)2)20(25)17-6-4-5-16(11-17)19-21-14(3)22-23-19/h4-6,9-11H,7-8H2,1-3H3,(H,21,22,23). The lowest BCUT2D eigenvalue weighted by molar-refractivity contribution is 0.0989. The van der Waals surface area contributed by atoms with Crippen LogP contribution in [-0.2, 0) is 6.42 Å². The Bertz CT molecular complexity index is 974. The molecule has 2 aromatic carbocycles. The Labute approximate surface area is 146 Å². The van der Waals surface area contributed by atoms with E-state index in [1.807, 2.05) is 36.1 Å². The number of benzene rings is 2. The highest BCUT2D eigenvalue weighted by molar-refractivity contribution is 6.07. The summed E-state index contributed by atoms with van der Waals surface area (Å²) in [5.41, 5.74) is 6.27. The minimum atomic E-state index is 0.0242. The number of anilines is 1. The monoisotopic (exact) mass is 332 g/mol. The van der Waals surface area contributed by atoms with E-state index in [1.165, 1.54) is 16.7 Å². The molecule has 1 amide bonds. The van der Waals surface area contributed by atoms with Crippen molar-refractivity contribution < 1.29 is 4.79 Å². The fourth-order valence-electron chi connectivity index (χ4n) is 3.29. The Morgan fingerprint density at radius 2 is 1.92 bits per heavy atom. The first-order valence-electron chi connectivity index (χ1n) is 8.44. The van der Waals surface area contributed by atoms with Gasteiger partial charge in [-0.05, 0) is 62.1 Å². The van der Waals surface area contributed by atoms with Gasteiger partial charge in [0.1, 0.15) is 5.82 Å². The normalized spacial score (nSPS) is 13.2. The molecule has 0 radical (unpaired) electrons. The number of aryl methyl sites for hydroxylation is 3. The summed E-state index contributed by atoms with van der Waals surface area (Å²) >= 11 is 0. The van der Waals surface area contributed by atoms with Gasteiger partial charge in [0.05, 0.1) is 0 Å². The topological polar surface area (TPSA) is 61.9 Å². The van der Waals surface area contributed by atoms with Gasteiger partial charge >= 0.3 is 0 Å². The van der Waals surface area contributed by atoms with Gasteiger partial charge in [0, 0.05) is 23.4 Å². The maximum absolute atomic E-state index is 13.1. The van der Waals surface area contributed by atoms with E-state index in [2.05, 4.69) is 41.2 Å². The van der Waals surface area contributed by atoms with Crippen LogP contribution in [0, 0.1) is 20.8 Å². The van der Waals surface area contributed by atoms with Crippen LogP contribution in [0.15, 0.2) is 36.4 Å². The van der Waals surface area contributed by atoms with Crippen LogP contribution in [0.3, 0.4) is 0 Å². The molecule has 0 unspecified atom stereocenters. The van der Waals surface area contributed by atoms with E-state index in [1.54, 1.807) is 0 Å². The van der Waals surface area contributed by atoms with E-state index >= 15 is 0 Å². The summed E-state index contributed by atoms with van der Waals surface area (Å²) in [6, 6.07) is 11.8. The second-order valence-corrected chi connectivity index (χ2v) is 6.60. The van der Waals surface area contributed by atoms with Crippen LogP contribution < -0.4 is 4.90 Å². The van der Waals surface area contributed by atoms with Gasteiger partial charge in [-0.1, -0.05) is 18.2 Å². The molecule has 1 aromatic heterocycles. The van der Waals surface area contributed by atoms with Crippen molar-refractivity contribution in [2.45, 2.75) is 27.2 Å². The molecule has 3 aromatic rings. The number of nitrogens with one attached hydrogen (secondary N) is 1. The number of fused-ring (bicyclic) bond motifs is 1. The molecule has 25 heavy (non-hydrogen) atoms. The maximum atomic E-state index is 13.1. The molecular weight excluding hydrogens is 312 g/mol. The lowest BCUT2D eigenvalue weighted by atomic mass is 10.0. The van der Waals surface area contributed by atoms with Gasteiger partial charge in [-0.25, -0.2) is 4.98 Å². The smallest absolute Gasteiger partial charge is 0.258 e. The molecule has 4 rings (SSSR count). The van der Waals surface area contributed by atoms with Gasteiger partial charge in [0.15, 0.2) is 5.82 Å². The highest BCUT2D eigenvalue weighted by atomic mass is 16.2. The third-order valence-electron chi connectivity index (χ3n) is 4.80. The van der Waals surface area contributed by atoms with Gasteiger partial charge in [-0.3, -0.25) is 9.89 Å². The zero-order valence-corrected chi connectivity index (χ0v) is 14.6. The zero-order valence-electron chi connectivity index (χ0n) is 14.6. The average molecular weight is 332 g/mol. The number of hydrogen-bond donors (Lipinski definition) is 1. The highest BCUT2D eigenvalue weighted by Gasteiger charge is 2.26. The minimum Gasteiger partial charge on any atom is -0.308 e. The lowest BCUT2D eigenvalue weighted by Gasteiger charge is -2.18. The molecule has 0 saturated carbocycles. The van der Waals surface area contributed by atoms with Crippen LogP contribution in [0.2, 0.25) is 0 Å². The summed E-state index contributed by atoms with van der Waals surface area (Å²) in [5.74, 6) is 1.39. The SMILES string of the molecule is Cc1nc(-c2cccc(C(=O)N3CCc4cc(C)c(C)cc43)c2)n[nH]1. The molecule has 1 N–H and O–H groups in total. The largest absolute Gasteiger partial charge is 0.308 e. The zero-order chi connectivity index (χ0) is 17.6. The van der Waals surface area contributed by atoms with Crippen molar-refractivity contribution in [3.8, 4) is 11.4 Å². The fourth-order valence-corrected chi connectivity index (χ4v) is 3.29. The second kappa shape index (κ2) is 5.84. The van der Waals surface area contributed by atoms with E-state index < -0.39 is 0 Å². The molecule has 1 aliphatic rings. The van der Waals surface area contributed by atoms with Crippen LogP contribution in [0.25, 0.3) is 11.4 Å². The van der Waals surface area contributed by atoms with Gasteiger partial charge in [-0.2, -0.15) is 5.10 Å². The van der Waals surface area contributed by atoms with Gasteiger partial charge < -0.3 is 4.90 Å². The highest BCUT2D eigenvalue weighted by Crippen LogP contribution is 2.32. The predicted octanol–water partition coefficient (Wildman–Crippen LogP) is 3.60. The number of carbonyl (C=O) groups is 1. The van der Waals surface area contributed by atoms with Crippen molar-refractivity contribution >= 4 is 11.6 Å². The van der Waals surface area contributed by atoms with Crippen LogP contribution in [0.4, 0.5) is 5.69 Å². The first-order chi connectivity index (χ1) is 12.0. The number of aromatic amines is 1. The number of hydrogen-bond acceptors (Lipinski definition) is 3. The van der Waals surface area contributed by atoms with Crippen molar-refractivity contribution in [3.05, 3.63) is 64.5 Å². The molecule has 2 heterocycles. The molecule has 0 saturated heterocycles. The number of aromatic nitrogens is 3. The Morgan fingerprint density at radius 3 is 2.68 bits per heavy atom. The number of nitrogens with zero attached hydrogens (tertiary/aromatic N) is 3. The summed E-state index contributed by atoms with van der Waals surface area (Å²) in [5, 5.41) is 7.02. The first kappa shape index (κ1) is 15.6. The van der Waals surface area contributed by atoms with Crippen molar-refractivity contribution in [1.82, 2.24) is 15.2 Å². The van der Waals surface area contributed by atoms with Crippen molar-refractivity contribution in [2.24, 2.45) is 0 Å². The number of carbonyl (C=O) groups excluding carboxylic acids is 1. The average Bonchev–Trinajstić information content (AvgIpc) is 3.21. The Morgan fingerprint density at radius 1 is 1.12 bits per heavy atom. The summed E-state index contributed by atoms with van der Waals surface area (Å²) in [7, 11) is 0. The predicted molar refractivity (Wildman–Crippen MR) is 97.9 cm³/mol. The van der Waals surface area contributed by atoms with Crippen molar-refractivity contribution in [2.75, 3.05) is 11.4 Å². The molecule has 5 heteroatoms. The fraction of sp³-hybridized carbons (Fsp3) is 0.250. The van der Waals surface area contributed by atoms with Crippen molar-refractivity contribution in [3.63, 3.8) is 0 Å². The van der Waals surface area contributed by atoms with Crippen LogP contribution in [0.5, 0.6) is 0 Å². The third-order valence-corrected chi connectivity index (χ3v) is 4.80. The Balaban J connectivity index is 1.68. The summed E-state index contributed by atoms with van der Waals surface area (Å²) in [6.45, 7) is 6.78. The van der Waals surface area contributed by atoms with Gasteiger partial charge in [0.25, 0.3) is 5.91 Å². The Kier molecular flexibility index (Phi) is 3.64. The summed E-state index contributed by atoms with van der Waals surface area (Å²) in [6.07, 6.45) is 0.905. The molecule has 0 fully saturated rings. The van der Waals surface area contributed by atoms with Crippen LogP contribution in [-0.4, -0.2) is 27.6 Å². The molecule has 1 aliphatic heterocycles. The van der Waals surface area contributed by atoms with Crippen molar-refractivity contribution in [1.29, 1.82) is 0 Å². The van der Waals surface area contributed by atoms with E-state index in [0.717, 1.165) is 30.0 Å². The lowest BCUT2D eigenvalue weighted by Crippen LogP contribution is -2.28. The van der Waals surface area contributed by atoms with E-state index in [-0.39, 0.29) is 5.91 Å². The van der Waals surface area contributed by atoms with E-state index in [9.17, 15) is 4.79 Å². The third kappa shape index (κ3) is 2.71. The van der Waals surface area contributed by atoms with Gasteiger partial charge in [-0.15, -0.1) is 0 Å². The molecule has 0 aliphatic carbocycles. The molecular formula is C20H20N4O. The van der Waals surface area contributed by atoms with E-state index in [4.69, 9.17) is 0 Å². The minimum absolute atomic E-state index is 0.0242. The maximum Gasteiger partial charge on any atom is 0.258 e. The summed E-state index contributed by atoms with van der Waals surface area (Å²) in [4.78, 5) is 19.3. The second-order valence-electron chi connectivity index (χ2n) is 6.60. The van der Waals surface area contributed by atoms with E-state index in [0.29, 0.717) is 11.4 Å².